The Balaban J connectivity index is 0.00000650. The fourth-order valence-electron chi connectivity index (χ4n) is 6.50. The second-order valence-electron chi connectivity index (χ2n) is 13.0. The van der Waals surface area contributed by atoms with Gasteiger partial charge in [0.25, 0.3) is 10.1 Å². The molecule has 0 unspecified atom stereocenters. The number of amides is 1. The summed E-state index contributed by atoms with van der Waals surface area (Å²) in [6.07, 6.45) is 9.01. The van der Waals surface area contributed by atoms with Crippen LogP contribution in [0.3, 0.4) is 0 Å². The average Bonchev–Trinajstić information content (AvgIpc) is 3.33. The summed E-state index contributed by atoms with van der Waals surface area (Å²) < 4.78 is 70.9. The molecule has 0 radical (unpaired) electrons. The largest absolute Gasteiger partial charge is 1.00 e. The van der Waals surface area contributed by atoms with Crippen molar-refractivity contribution in [3.05, 3.63) is 81.9 Å². The molecule has 0 atom stereocenters. The van der Waals surface area contributed by atoms with Gasteiger partial charge in [-0.15, -0.1) is 0 Å². The van der Waals surface area contributed by atoms with Gasteiger partial charge in [0.2, 0.25) is 11.6 Å². The molecule has 0 bridgehead atoms. The minimum Gasteiger partial charge on any atom is -0.744 e. The molecule has 258 valence electrons. The van der Waals surface area contributed by atoms with Gasteiger partial charge in [-0.2, -0.15) is 13.0 Å². The van der Waals surface area contributed by atoms with E-state index in [9.17, 15) is 30.7 Å². The maximum Gasteiger partial charge on any atom is 1.00 e. The van der Waals surface area contributed by atoms with Crippen molar-refractivity contribution in [2.45, 2.75) is 80.4 Å². The molecule has 0 aromatic heterocycles. The predicted octanol–water partition coefficient (Wildman–Crippen LogP) is 2.46. The molecule has 0 saturated carbocycles. The van der Waals surface area contributed by atoms with Crippen LogP contribution in [0.25, 0.3) is 10.4 Å². The van der Waals surface area contributed by atoms with Crippen LogP contribution in [0.4, 0.5) is 11.4 Å². The van der Waals surface area contributed by atoms with Crippen molar-refractivity contribution in [2.24, 2.45) is 5.11 Å². The predicted molar refractivity (Wildman–Crippen MR) is 182 cm³/mol. The van der Waals surface area contributed by atoms with Crippen LogP contribution in [0.15, 0.2) is 75.2 Å². The SMILES string of the molecule is C[N+]1=C(C=CC=C2N(CCCCCC(=O)NCCCN=[N+]=[N-])c3ccc(S(=O)(=O)O)cc3C2(C)C)C(C)(C)c2cc(S(=O)(=O)[O-])ccc21.[Na+]. The van der Waals surface area contributed by atoms with Crippen LogP contribution in [0, 0.1) is 0 Å². The summed E-state index contributed by atoms with van der Waals surface area (Å²) in [5.74, 6) is -0.0580. The van der Waals surface area contributed by atoms with Crippen molar-refractivity contribution in [3.8, 4) is 0 Å². The number of hydrogen-bond acceptors (Lipinski definition) is 8. The molecular weight excluding hydrogens is 680 g/mol. The zero-order chi connectivity index (χ0) is 35.5. The fraction of sp³-hybridized carbons (Fsp3) is 0.455. The topological polar surface area (TPSA) is 196 Å². The number of carbonyl (C=O) groups is 1. The maximum absolute atomic E-state index is 12.2. The Labute approximate surface area is 310 Å². The summed E-state index contributed by atoms with van der Waals surface area (Å²) in [5, 5.41) is 6.28. The van der Waals surface area contributed by atoms with Crippen LogP contribution in [-0.2, 0) is 35.9 Å². The molecule has 0 aliphatic carbocycles. The summed E-state index contributed by atoms with van der Waals surface area (Å²) >= 11 is 0. The van der Waals surface area contributed by atoms with E-state index >= 15 is 0 Å². The van der Waals surface area contributed by atoms with E-state index in [4.69, 9.17) is 5.53 Å². The first kappa shape index (κ1) is 40.4. The maximum atomic E-state index is 12.2. The standard InChI is InChI=1S/C33H42N6O7S2.Na/c1-32(2)25-21-23(47(41,42)43)14-16-27(25)38(5)29(32)11-9-12-30-33(3,4)26-22-24(48(44,45)46)15-17-28(26)39(30)20-8-6-7-13-31(40)35-18-10-19-36-37-34;/h9,11-12,14-17,21-22H,6-8,10,13,18-20H2,1-5H3,(H2-,35,40,41,42,43,44,45,46);/q;+1. The van der Waals surface area contributed by atoms with E-state index in [1.807, 2.05) is 57.5 Å². The van der Waals surface area contributed by atoms with Gasteiger partial charge in [0.1, 0.15) is 17.2 Å². The molecule has 0 saturated heterocycles. The van der Waals surface area contributed by atoms with E-state index < -0.39 is 31.1 Å². The zero-order valence-electron chi connectivity index (χ0n) is 28.8. The van der Waals surface area contributed by atoms with Crippen LogP contribution in [0.2, 0.25) is 0 Å². The molecule has 13 nitrogen and oxygen atoms in total. The first-order valence-electron chi connectivity index (χ1n) is 15.7. The number of benzene rings is 2. The summed E-state index contributed by atoms with van der Waals surface area (Å²) in [7, 11) is -7.15. The summed E-state index contributed by atoms with van der Waals surface area (Å²) in [6.45, 7) is 9.30. The molecule has 16 heteroatoms. The zero-order valence-corrected chi connectivity index (χ0v) is 32.4. The van der Waals surface area contributed by atoms with Crippen molar-refractivity contribution in [2.75, 3.05) is 31.6 Å². The van der Waals surface area contributed by atoms with Gasteiger partial charge in [-0.1, -0.05) is 31.5 Å². The van der Waals surface area contributed by atoms with E-state index in [1.165, 1.54) is 24.3 Å². The second kappa shape index (κ2) is 15.9. The van der Waals surface area contributed by atoms with Gasteiger partial charge in [0.15, 0.2) is 5.71 Å². The Kier molecular flexibility index (Phi) is 13.1. The van der Waals surface area contributed by atoms with Gasteiger partial charge in [-0.05, 0) is 80.6 Å². The van der Waals surface area contributed by atoms with Gasteiger partial charge in [0, 0.05) is 65.5 Å². The van der Waals surface area contributed by atoms with E-state index in [1.54, 1.807) is 12.1 Å². The molecule has 2 N–H and O–H groups in total. The first-order valence-corrected chi connectivity index (χ1v) is 18.5. The number of allylic oxidation sites excluding steroid dienone is 4. The van der Waals surface area contributed by atoms with Gasteiger partial charge < -0.3 is 14.8 Å². The molecule has 2 aromatic rings. The third-order valence-electron chi connectivity index (χ3n) is 9.07. The number of nitrogens with zero attached hydrogens (tertiary/aromatic N) is 5. The Hall–Kier alpha value is -3.01. The minimum absolute atomic E-state index is 0. The molecule has 0 fully saturated rings. The third-order valence-corrected chi connectivity index (χ3v) is 10.7. The number of azide groups is 1. The van der Waals surface area contributed by atoms with Crippen LogP contribution in [0.5, 0.6) is 0 Å². The number of carbonyl (C=O) groups excluding carboxylic acids is 1. The molecule has 4 rings (SSSR count). The molecule has 49 heavy (non-hydrogen) atoms. The minimum atomic E-state index is -4.61. The van der Waals surface area contributed by atoms with Gasteiger partial charge in [-0.3, -0.25) is 9.35 Å². The van der Waals surface area contributed by atoms with Gasteiger partial charge in [-0.25, -0.2) is 8.42 Å². The normalized spacial score (nSPS) is 17.1. The summed E-state index contributed by atoms with van der Waals surface area (Å²) in [6, 6.07) is 9.00. The second-order valence-corrected chi connectivity index (χ2v) is 15.8. The molecule has 1 amide bonds. The molecule has 2 aliphatic rings. The van der Waals surface area contributed by atoms with E-state index in [0.29, 0.717) is 38.9 Å². The first-order chi connectivity index (χ1) is 22.4. The van der Waals surface area contributed by atoms with Crippen molar-refractivity contribution in [1.82, 2.24) is 5.32 Å². The molecule has 2 aliphatic heterocycles. The number of hydrogen-bond donors (Lipinski definition) is 2. The fourth-order valence-corrected chi connectivity index (χ4v) is 7.50. The van der Waals surface area contributed by atoms with Crippen molar-refractivity contribution in [3.63, 3.8) is 0 Å². The summed E-state index contributed by atoms with van der Waals surface area (Å²) in [4.78, 5) is 16.6. The van der Waals surface area contributed by atoms with Crippen molar-refractivity contribution in [1.29, 1.82) is 0 Å². The van der Waals surface area contributed by atoms with Crippen LogP contribution in [-0.4, -0.2) is 68.8 Å². The Morgan fingerprint density at radius 1 is 1.02 bits per heavy atom. The summed E-state index contributed by atoms with van der Waals surface area (Å²) in [5.41, 5.74) is 12.0. The monoisotopic (exact) mass is 721 g/mol. The molecule has 0 spiro atoms. The van der Waals surface area contributed by atoms with Gasteiger partial charge >= 0.3 is 29.6 Å². The van der Waals surface area contributed by atoms with Crippen molar-refractivity contribution >= 4 is 43.2 Å². The number of unbranched alkanes of at least 4 members (excludes halogenated alkanes) is 2. The Morgan fingerprint density at radius 2 is 1.69 bits per heavy atom. The smallest absolute Gasteiger partial charge is 0.744 e. The average molecular weight is 722 g/mol. The van der Waals surface area contributed by atoms with Crippen molar-refractivity contribution < 1.29 is 64.9 Å². The van der Waals surface area contributed by atoms with E-state index in [2.05, 4.69) is 20.2 Å². The molecular formula is C33H42N6NaO7S2+. The quantitative estimate of drug-likeness (QED) is 0.0565. The molecule has 2 aromatic carbocycles. The van der Waals surface area contributed by atoms with Crippen LogP contribution < -0.4 is 39.8 Å². The number of anilines is 1. The number of nitrogens with one attached hydrogen (secondary N) is 1. The number of fused-ring (bicyclic) bond motifs is 2. The van der Waals surface area contributed by atoms with Gasteiger partial charge in [0.05, 0.1) is 15.2 Å². The Bertz CT molecular complexity index is 1970. The van der Waals surface area contributed by atoms with E-state index in [0.717, 1.165) is 46.8 Å². The Morgan fingerprint density at radius 3 is 2.35 bits per heavy atom. The number of rotatable bonds is 14. The van der Waals surface area contributed by atoms with Crippen LogP contribution in [0.1, 0.15) is 70.9 Å². The third kappa shape index (κ3) is 9.02. The molecule has 2 heterocycles. The van der Waals surface area contributed by atoms with Crippen LogP contribution >= 0.6 is 0 Å². The van der Waals surface area contributed by atoms with E-state index in [-0.39, 0.29) is 45.3 Å².